The van der Waals surface area contributed by atoms with Crippen molar-refractivity contribution in [1.82, 2.24) is 5.32 Å². The van der Waals surface area contributed by atoms with E-state index in [0.717, 1.165) is 31.7 Å². The molecule has 1 fully saturated rings. The van der Waals surface area contributed by atoms with E-state index in [1.54, 1.807) is 0 Å². The van der Waals surface area contributed by atoms with Crippen LogP contribution < -0.4 is 10.2 Å². The first-order valence-electron chi connectivity index (χ1n) is 7.61. The van der Waals surface area contributed by atoms with Crippen LogP contribution in [-0.4, -0.2) is 25.5 Å². The number of anilines is 1. The van der Waals surface area contributed by atoms with E-state index in [-0.39, 0.29) is 17.1 Å². The lowest BCUT2D eigenvalue weighted by molar-refractivity contribution is -0.122. The van der Waals surface area contributed by atoms with E-state index < -0.39 is 0 Å². The fraction of sp³-hybridized carbons (Fsp3) is 0.588. The molecule has 116 valence electrons. The van der Waals surface area contributed by atoms with Gasteiger partial charge in [-0.05, 0) is 42.0 Å². The Balaban J connectivity index is 1.78. The Hall–Kier alpha value is -1.58. The summed E-state index contributed by atoms with van der Waals surface area (Å²) in [5.41, 5.74) is 1.08. The van der Waals surface area contributed by atoms with Gasteiger partial charge in [-0.15, -0.1) is 0 Å². The number of halogens is 1. The van der Waals surface area contributed by atoms with Crippen LogP contribution in [0.4, 0.5) is 10.1 Å². The zero-order valence-corrected chi connectivity index (χ0v) is 13.2. The van der Waals surface area contributed by atoms with Crippen LogP contribution in [0.15, 0.2) is 24.3 Å². The number of carbonyl (C=O) groups is 1. The van der Waals surface area contributed by atoms with Gasteiger partial charge in [0.15, 0.2) is 0 Å². The predicted octanol–water partition coefficient (Wildman–Crippen LogP) is 3.20. The van der Waals surface area contributed by atoms with Crippen LogP contribution in [0.25, 0.3) is 0 Å². The molecule has 1 N–H and O–H groups in total. The van der Waals surface area contributed by atoms with Crippen molar-refractivity contribution >= 4 is 11.6 Å². The summed E-state index contributed by atoms with van der Waals surface area (Å²) in [6.07, 6.45) is 1.62. The standard InChI is InChI=1S/C17H25FN2O/c1-17(2,3)10-16(21)19-11-13-8-9-20(12-13)15-6-4-14(18)5-7-15/h4-7,13H,8-12H2,1-3H3,(H,19,21). The summed E-state index contributed by atoms with van der Waals surface area (Å²) in [4.78, 5) is 14.1. The van der Waals surface area contributed by atoms with Gasteiger partial charge in [-0.25, -0.2) is 4.39 Å². The highest BCUT2D eigenvalue weighted by Crippen LogP contribution is 2.24. The quantitative estimate of drug-likeness (QED) is 0.924. The van der Waals surface area contributed by atoms with E-state index in [0.29, 0.717) is 12.3 Å². The highest BCUT2D eigenvalue weighted by atomic mass is 19.1. The van der Waals surface area contributed by atoms with Crippen molar-refractivity contribution in [2.75, 3.05) is 24.5 Å². The third-order valence-corrected chi connectivity index (χ3v) is 3.76. The molecule has 1 heterocycles. The second-order valence-electron chi connectivity index (χ2n) is 7.12. The SMILES string of the molecule is CC(C)(C)CC(=O)NCC1CCN(c2ccc(F)cc2)C1. The smallest absolute Gasteiger partial charge is 0.220 e. The second-order valence-corrected chi connectivity index (χ2v) is 7.12. The number of hydrogen-bond acceptors (Lipinski definition) is 2. The molecule has 0 aliphatic carbocycles. The van der Waals surface area contributed by atoms with Gasteiger partial charge in [0.25, 0.3) is 0 Å². The van der Waals surface area contributed by atoms with Gasteiger partial charge in [-0.2, -0.15) is 0 Å². The lowest BCUT2D eigenvalue weighted by atomic mass is 9.92. The molecule has 0 bridgehead atoms. The van der Waals surface area contributed by atoms with Crippen LogP contribution in [-0.2, 0) is 4.79 Å². The molecule has 3 nitrogen and oxygen atoms in total. The van der Waals surface area contributed by atoms with E-state index in [1.165, 1.54) is 12.1 Å². The van der Waals surface area contributed by atoms with Crippen molar-refractivity contribution < 1.29 is 9.18 Å². The molecule has 1 aromatic rings. The Morgan fingerprint density at radius 1 is 1.33 bits per heavy atom. The van der Waals surface area contributed by atoms with Crippen molar-refractivity contribution in [1.29, 1.82) is 0 Å². The predicted molar refractivity (Wildman–Crippen MR) is 83.8 cm³/mol. The van der Waals surface area contributed by atoms with Crippen molar-refractivity contribution in [3.8, 4) is 0 Å². The average Bonchev–Trinajstić information content (AvgIpc) is 2.84. The highest BCUT2D eigenvalue weighted by molar-refractivity contribution is 5.76. The maximum Gasteiger partial charge on any atom is 0.220 e. The van der Waals surface area contributed by atoms with Crippen molar-refractivity contribution in [2.24, 2.45) is 11.3 Å². The van der Waals surface area contributed by atoms with E-state index in [2.05, 4.69) is 31.0 Å². The minimum atomic E-state index is -0.205. The summed E-state index contributed by atoms with van der Waals surface area (Å²) < 4.78 is 12.9. The van der Waals surface area contributed by atoms with Gasteiger partial charge < -0.3 is 10.2 Å². The molecule has 1 unspecified atom stereocenters. The fourth-order valence-corrected chi connectivity index (χ4v) is 2.69. The molecule has 1 aliphatic heterocycles. The molecule has 2 rings (SSSR count). The molecule has 21 heavy (non-hydrogen) atoms. The van der Waals surface area contributed by atoms with Gasteiger partial charge in [0.1, 0.15) is 5.82 Å². The van der Waals surface area contributed by atoms with Crippen molar-refractivity contribution in [3.63, 3.8) is 0 Å². The van der Waals surface area contributed by atoms with Crippen LogP contribution in [0.2, 0.25) is 0 Å². The highest BCUT2D eigenvalue weighted by Gasteiger charge is 2.24. The maximum absolute atomic E-state index is 12.9. The molecular formula is C17H25FN2O. The topological polar surface area (TPSA) is 32.3 Å². The van der Waals surface area contributed by atoms with E-state index >= 15 is 0 Å². The van der Waals surface area contributed by atoms with Gasteiger partial charge >= 0.3 is 0 Å². The second kappa shape index (κ2) is 6.46. The Morgan fingerprint density at radius 2 is 2.00 bits per heavy atom. The van der Waals surface area contributed by atoms with Gasteiger partial charge in [-0.3, -0.25) is 4.79 Å². The van der Waals surface area contributed by atoms with Gasteiger partial charge in [0.05, 0.1) is 0 Å². The summed E-state index contributed by atoms with van der Waals surface area (Å²) >= 11 is 0. The number of nitrogens with zero attached hydrogens (tertiary/aromatic N) is 1. The van der Waals surface area contributed by atoms with Crippen LogP contribution in [0.1, 0.15) is 33.6 Å². The Morgan fingerprint density at radius 3 is 2.62 bits per heavy atom. The lowest BCUT2D eigenvalue weighted by Gasteiger charge is -2.20. The molecule has 1 saturated heterocycles. The molecule has 1 aliphatic rings. The van der Waals surface area contributed by atoms with E-state index in [1.807, 2.05) is 12.1 Å². The molecule has 0 radical (unpaired) electrons. The fourth-order valence-electron chi connectivity index (χ4n) is 2.69. The summed E-state index contributed by atoms with van der Waals surface area (Å²) in [5.74, 6) is 0.394. The van der Waals surface area contributed by atoms with Gasteiger partial charge in [0.2, 0.25) is 5.91 Å². The summed E-state index contributed by atoms with van der Waals surface area (Å²) in [7, 11) is 0. The number of amides is 1. The molecule has 1 amide bonds. The average molecular weight is 292 g/mol. The summed E-state index contributed by atoms with van der Waals surface area (Å²) in [5, 5.41) is 3.04. The Kier molecular flexibility index (Phi) is 4.86. The molecule has 0 spiro atoms. The third-order valence-electron chi connectivity index (χ3n) is 3.76. The number of rotatable bonds is 4. The van der Waals surface area contributed by atoms with Gasteiger partial charge in [-0.1, -0.05) is 20.8 Å². The molecule has 1 aromatic carbocycles. The van der Waals surface area contributed by atoms with Crippen LogP contribution in [0.5, 0.6) is 0 Å². The van der Waals surface area contributed by atoms with Crippen LogP contribution >= 0.6 is 0 Å². The first-order chi connectivity index (χ1) is 9.83. The molecular weight excluding hydrogens is 267 g/mol. The van der Waals surface area contributed by atoms with Crippen molar-refractivity contribution in [2.45, 2.75) is 33.6 Å². The molecule has 1 atom stereocenters. The van der Waals surface area contributed by atoms with E-state index in [4.69, 9.17) is 0 Å². The molecule has 0 aromatic heterocycles. The number of benzene rings is 1. The van der Waals surface area contributed by atoms with Crippen LogP contribution in [0.3, 0.4) is 0 Å². The molecule has 4 heteroatoms. The monoisotopic (exact) mass is 292 g/mol. The minimum absolute atomic E-state index is 0.0277. The number of hydrogen-bond donors (Lipinski definition) is 1. The zero-order chi connectivity index (χ0) is 15.5. The normalized spacial score (nSPS) is 18.9. The lowest BCUT2D eigenvalue weighted by Crippen LogP contribution is -2.33. The maximum atomic E-state index is 12.9. The number of nitrogens with one attached hydrogen (secondary N) is 1. The molecule has 0 saturated carbocycles. The minimum Gasteiger partial charge on any atom is -0.371 e. The zero-order valence-electron chi connectivity index (χ0n) is 13.2. The van der Waals surface area contributed by atoms with Gasteiger partial charge in [0, 0.05) is 31.7 Å². The Labute approximate surface area is 126 Å². The van der Waals surface area contributed by atoms with Crippen molar-refractivity contribution in [3.05, 3.63) is 30.1 Å². The number of carbonyl (C=O) groups excluding carboxylic acids is 1. The largest absolute Gasteiger partial charge is 0.371 e. The third kappa shape index (κ3) is 5.03. The first kappa shape index (κ1) is 15.8. The Bertz CT molecular complexity index is 479. The summed E-state index contributed by atoms with van der Waals surface area (Å²) in [6, 6.07) is 6.62. The summed E-state index contributed by atoms with van der Waals surface area (Å²) in [6.45, 7) is 8.81. The van der Waals surface area contributed by atoms with Crippen LogP contribution in [0, 0.1) is 17.2 Å². The first-order valence-corrected chi connectivity index (χ1v) is 7.61. The van der Waals surface area contributed by atoms with E-state index in [9.17, 15) is 9.18 Å².